The minimum Gasteiger partial charge on any atom is -0.455 e. The summed E-state index contributed by atoms with van der Waals surface area (Å²) in [5.41, 5.74) is 9.58. The molecule has 0 saturated heterocycles. The Morgan fingerprint density at radius 3 is 2.32 bits per heavy atom. The van der Waals surface area contributed by atoms with Crippen molar-refractivity contribution in [2.75, 3.05) is 5.32 Å². The van der Waals surface area contributed by atoms with Gasteiger partial charge in [-0.25, -0.2) is 0 Å². The zero-order chi connectivity index (χ0) is 24.5. The highest BCUT2D eigenvalue weighted by molar-refractivity contribution is 6.83. The van der Waals surface area contributed by atoms with Crippen LogP contribution in [0.1, 0.15) is 35.2 Å². The van der Waals surface area contributed by atoms with Crippen LogP contribution in [0, 0.1) is 25.3 Å². The van der Waals surface area contributed by atoms with E-state index in [4.69, 9.17) is 4.42 Å². The van der Waals surface area contributed by atoms with Gasteiger partial charge in [0.2, 0.25) is 0 Å². The molecule has 1 heterocycles. The van der Waals surface area contributed by atoms with Gasteiger partial charge in [-0.15, -0.1) is 5.54 Å². The maximum absolute atomic E-state index is 13.3. The van der Waals surface area contributed by atoms with E-state index in [0.717, 1.165) is 27.9 Å². The van der Waals surface area contributed by atoms with Crippen LogP contribution in [0.3, 0.4) is 0 Å². The second-order valence-electron chi connectivity index (χ2n) is 9.89. The van der Waals surface area contributed by atoms with Crippen LogP contribution in [0.15, 0.2) is 75.9 Å². The van der Waals surface area contributed by atoms with Gasteiger partial charge in [-0.1, -0.05) is 74.1 Å². The van der Waals surface area contributed by atoms with Gasteiger partial charge < -0.3 is 9.73 Å². The first kappa shape index (κ1) is 23.6. The Morgan fingerprint density at radius 1 is 0.941 bits per heavy atom. The SMILES string of the molecule is Cc1cc(C(C)Nc2ccccc2C#C[Si](C)(C)C)c2oc(-c3ccccc3)c(C)c(=O)c2c1. The van der Waals surface area contributed by atoms with Crippen LogP contribution in [-0.2, 0) is 0 Å². The molecular weight excluding hydrogens is 434 g/mol. The lowest BCUT2D eigenvalue weighted by Gasteiger charge is -2.20. The van der Waals surface area contributed by atoms with Crippen molar-refractivity contribution >= 4 is 24.7 Å². The van der Waals surface area contributed by atoms with Gasteiger partial charge in [0, 0.05) is 22.3 Å². The van der Waals surface area contributed by atoms with Crippen LogP contribution in [0.25, 0.3) is 22.3 Å². The van der Waals surface area contributed by atoms with Gasteiger partial charge in [0.25, 0.3) is 0 Å². The van der Waals surface area contributed by atoms with E-state index in [1.807, 2.05) is 68.4 Å². The molecule has 172 valence electrons. The van der Waals surface area contributed by atoms with E-state index in [2.05, 4.69) is 55.5 Å². The second kappa shape index (κ2) is 9.36. The van der Waals surface area contributed by atoms with Gasteiger partial charge in [-0.3, -0.25) is 4.79 Å². The lowest BCUT2D eigenvalue weighted by atomic mass is 9.98. The highest BCUT2D eigenvalue weighted by Crippen LogP contribution is 2.32. The third-order valence-electron chi connectivity index (χ3n) is 5.77. The number of anilines is 1. The van der Waals surface area contributed by atoms with Crippen molar-refractivity contribution in [3.8, 4) is 22.8 Å². The lowest BCUT2D eigenvalue weighted by molar-refractivity contribution is 0.605. The van der Waals surface area contributed by atoms with Crippen molar-refractivity contribution in [1.82, 2.24) is 0 Å². The number of para-hydroxylation sites is 1. The van der Waals surface area contributed by atoms with Gasteiger partial charge in [0.1, 0.15) is 19.4 Å². The summed E-state index contributed by atoms with van der Waals surface area (Å²) >= 11 is 0. The van der Waals surface area contributed by atoms with Gasteiger partial charge in [0.15, 0.2) is 5.43 Å². The number of hydrogen-bond acceptors (Lipinski definition) is 3. The van der Waals surface area contributed by atoms with E-state index in [1.54, 1.807) is 0 Å². The minimum atomic E-state index is -1.50. The largest absolute Gasteiger partial charge is 0.455 e. The first-order valence-corrected chi connectivity index (χ1v) is 15.2. The molecule has 0 aliphatic heterocycles. The molecule has 1 unspecified atom stereocenters. The fraction of sp³-hybridized carbons (Fsp3) is 0.233. The summed E-state index contributed by atoms with van der Waals surface area (Å²) in [7, 11) is -1.50. The molecule has 3 aromatic carbocycles. The van der Waals surface area contributed by atoms with Gasteiger partial charge in [-0.05, 0) is 44.5 Å². The molecule has 3 nitrogen and oxygen atoms in total. The Labute approximate surface area is 202 Å². The van der Waals surface area contributed by atoms with E-state index in [9.17, 15) is 4.79 Å². The molecule has 34 heavy (non-hydrogen) atoms. The molecule has 4 rings (SSSR count). The predicted octanol–water partition coefficient (Wildman–Crippen LogP) is 7.48. The predicted molar refractivity (Wildman–Crippen MR) is 146 cm³/mol. The maximum Gasteiger partial charge on any atom is 0.196 e. The molecule has 0 spiro atoms. The molecule has 4 heteroatoms. The van der Waals surface area contributed by atoms with E-state index >= 15 is 0 Å². The zero-order valence-corrected chi connectivity index (χ0v) is 21.7. The van der Waals surface area contributed by atoms with Crippen LogP contribution >= 0.6 is 0 Å². The van der Waals surface area contributed by atoms with Crippen LogP contribution in [0.5, 0.6) is 0 Å². The van der Waals surface area contributed by atoms with Crippen molar-refractivity contribution in [2.45, 2.75) is 46.5 Å². The normalized spacial score (nSPS) is 12.2. The van der Waals surface area contributed by atoms with Crippen LogP contribution in [-0.4, -0.2) is 8.07 Å². The molecule has 0 amide bonds. The highest BCUT2D eigenvalue weighted by Gasteiger charge is 2.19. The Bertz CT molecular complexity index is 1470. The third-order valence-corrected chi connectivity index (χ3v) is 6.64. The molecule has 1 N–H and O–H groups in total. The average molecular weight is 466 g/mol. The average Bonchev–Trinajstić information content (AvgIpc) is 2.80. The summed E-state index contributed by atoms with van der Waals surface area (Å²) in [6.45, 7) is 12.7. The fourth-order valence-corrected chi connectivity index (χ4v) is 4.55. The second-order valence-corrected chi connectivity index (χ2v) is 14.6. The Kier molecular flexibility index (Phi) is 6.50. The molecule has 0 aliphatic rings. The molecule has 0 saturated carbocycles. The molecule has 0 aliphatic carbocycles. The van der Waals surface area contributed by atoms with E-state index < -0.39 is 8.07 Å². The summed E-state index contributed by atoms with van der Waals surface area (Å²) in [5, 5.41) is 4.24. The minimum absolute atomic E-state index is 0.0126. The fourth-order valence-electron chi connectivity index (χ4n) is 4.04. The van der Waals surface area contributed by atoms with Crippen molar-refractivity contribution in [3.05, 3.63) is 99.2 Å². The molecule has 1 atom stereocenters. The third kappa shape index (κ3) is 5.00. The summed E-state index contributed by atoms with van der Waals surface area (Å²) in [6, 6.07) is 21.9. The van der Waals surface area contributed by atoms with E-state index in [0.29, 0.717) is 22.3 Å². The number of rotatable bonds is 4. The number of aryl methyl sites for hydroxylation is 1. The molecule has 0 radical (unpaired) electrons. The van der Waals surface area contributed by atoms with Crippen molar-refractivity contribution in [3.63, 3.8) is 0 Å². The van der Waals surface area contributed by atoms with Gasteiger partial charge >= 0.3 is 0 Å². The topological polar surface area (TPSA) is 42.2 Å². The molecule has 4 aromatic rings. The zero-order valence-electron chi connectivity index (χ0n) is 20.7. The van der Waals surface area contributed by atoms with Crippen LogP contribution < -0.4 is 10.7 Å². The van der Waals surface area contributed by atoms with Crippen molar-refractivity contribution in [2.24, 2.45) is 0 Å². The number of hydrogen-bond donors (Lipinski definition) is 1. The van der Waals surface area contributed by atoms with Crippen LogP contribution in [0.4, 0.5) is 5.69 Å². The summed E-state index contributed by atoms with van der Waals surface area (Å²) in [6.07, 6.45) is 0. The van der Waals surface area contributed by atoms with E-state index in [-0.39, 0.29) is 11.5 Å². The van der Waals surface area contributed by atoms with Gasteiger partial charge in [-0.2, -0.15) is 0 Å². The maximum atomic E-state index is 13.3. The van der Waals surface area contributed by atoms with Crippen LogP contribution in [0.2, 0.25) is 19.6 Å². The van der Waals surface area contributed by atoms with Gasteiger partial charge in [0.05, 0.1) is 17.1 Å². The quantitative estimate of drug-likeness (QED) is 0.251. The first-order chi connectivity index (χ1) is 16.1. The molecule has 1 aromatic heterocycles. The standard InChI is InChI=1S/C30H31NO2Si/c1-20-18-25(22(3)31-27-15-11-10-12-23(27)16-17-34(4,5)6)30-26(19-20)28(32)21(2)29(33-30)24-13-8-7-9-14-24/h7-15,18-19,22,31H,1-6H3. The molecule has 0 fully saturated rings. The Hall–Kier alpha value is -3.55. The highest BCUT2D eigenvalue weighted by atomic mass is 28.3. The van der Waals surface area contributed by atoms with Crippen molar-refractivity contribution < 1.29 is 4.42 Å². The lowest BCUT2D eigenvalue weighted by Crippen LogP contribution is -2.16. The number of fused-ring (bicyclic) bond motifs is 1. The smallest absolute Gasteiger partial charge is 0.196 e. The number of nitrogens with one attached hydrogen (secondary N) is 1. The summed E-state index contributed by atoms with van der Waals surface area (Å²) < 4.78 is 6.46. The summed E-state index contributed by atoms with van der Waals surface area (Å²) in [5.74, 6) is 4.00. The monoisotopic (exact) mass is 465 g/mol. The van der Waals surface area contributed by atoms with E-state index in [1.165, 1.54) is 0 Å². The molecular formula is C30H31NO2Si. The molecule has 0 bridgehead atoms. The Morgan fingerprint density at radius 2 is 1.62 bits per heavy atom. The Balaban J connectivity index is 1.83. The summed E-state index contributed by atoms with van der Waals surface area (Å²) in [4.78, 5) is 13.3. The number of benzene rings is 3. The first-order valence-electron chi connectivity index (χ1n) is 11.7. The van der Waals surface area contributed by atoms with Crippen molar-refractivity contribution in [1.29, 1.82) is 0 Å².